The zero-order valence-corrected chi connectivity index (χ0v) is 8.64. The van der Waals surface area contributed by atoms with Gasteiger partial charge in [0.25, 0.3) is 0 Å². The second kappa shape index (κ2) is 3.97. The van der Waals surface area contributed by atoms with Gasteiger partial charge in [0.2, 0.25) is 0 Å². The molecule has 2 fully saturated rings. The van der Waals surface area contributed by atoms with Gasteiger partial charge in [0.15, 0.2) is 0 Å². The molecule has 0 amide bonds. The van der Waals surface area contributed by atoms with E-state index in [0.29, 0.717) is 11.5 Å². The molecule has 1 saturated heterocycles. The maximum atomic E-state index is 5.64. The molecule has 2 aliphatic rings. The minimum absolute atomic E-state index is 0.491. The van der Waals surface area contributed by atoms with Crippen molar-refractivity contribution in [1.82, 2.24) is 5.32 Å². The van der Waals surface area contributed by atoms with Gasteiger partial charge in [-0.3, -0.25) is 0 Å². The highest BCUT2D eigenvalue weighted by Crippen LogP contribution is 2.42. The molecule has 1 aliphatic heterocycles. The summed E-state index contributed by atoms with van der Waals surface area (Å²) in [6.45, 7) is 2.39. The van der Waals surface area contributed by atoms with Crippen LogP contribution in [0.25, 0.3) is 0 Å². The van der Waals surface area contributed by atoms with E-state index >= 15 is 0 Å². The van der Waals surface area contributed by atoms with Crippen molar-refractivity contribution < 1.29 is 4.74 Å². The second-order valence-corrected chi connectivity index (χ2v) is 4.61. The fourth-order valence-electron chi connectivity index (χ4n) is 3.12. The van der Waals surface area contributed by atoms with Gasteiger partial charge < -0.3 is 10.1 Å². The quantitative estimate of drug-likeness (QED) is 0.671. The Bertz CT molecular complexity index is 155. The minimum atomic E-state index is 0.491. The van der Waals surface area contributed by atoms with Crippen LogP contribution in [0.3, 0.4) is 0 Å². The lowest BCUT2D eigenvalue weighted by atomic mass is 9.67. The predicted octanol–water partition coefficient (Wildman–Crippen LogP) is 1.95. The Hall–Kier alpha value is -0.0800. The normalized spacial score (nSPS) is 40.8. The zero-order valence-electron chi connectivity index (χ0n) is 8.64. The van der Waals surface area contributed by atoms with Crippen LogP contribution in [0, 0.1) is 5.41 Å². The molecule has 2 nitrogen and oxygen atoms in total. The van der Waals surface area contributed by atoms with Crippen molar-refractivity contribution in [3.63, 3.8) is 0 Å². The fraction of sp³-hybridized carbons (Fsp3) is 1.00. The van der Waals surface area contributed by atoms with E-state index < -0.39 is 0 Å². The number of hydrogen-bond acceptors (Lipinski definition) is 2. The first kappa shape index (κ1) is 9.47. The Labute approximate surface area is 81.0 Å². The van der Waals surface area contributed by atoms with Crippen LogP contribution in [0.15, 0.2) is 0 Å². The van der Waals surface area contributed by atoms with Gasteiger partial charge in [-0.05, 0) is 32.2 Å². The molecule has 13 heavy (non-hydrogen) atoms. The van der Waals surface area contributed by atoms with Crippen molar-refractivity contribution in [2.45, 2.75) is 44.6 Å². The van der Waals surface area contributed by atoms with Gasteiger partial charge in [-0.1, -0.05) is 12.8 Å². The van der Waals surface area contributed by atoms with E-state index in [-0.39, 0.29) is 0 Å². The van der Waals surface area contributed by atoms with Crippen LogP contribution in [-0.4, -0.2) is 26.3 Å². The summed E-state index contributed by atoms with van der Waals surface area (Å²) in [5.74, 6) is 0. The van der Waals surface area contributed by atoms with Crippen LogP contribution in [0.1, 0.15) is 38.5 Å². The van der Waals surface area contributed by atoms with Crippen molar-refractivity contribution in [2.75, 3.05) is 20.2 Å². The van der Waals surface area contributed by atoms with Gasteiger partial charge in [-0.15, -0.1) is 0 Å². The number of piperidine rings is 1. The lowest BCUT2D eigenvalue weighted by molar-refractivity contribution is -0.0551. The monoisotopic (exact) mass is 183 g/mol. The Morgan fingerprint density at radius 3 is 2.77 bits per heavy atom. The number of methoxy groups -OCH3 is 1. The van der Waals surface area contributed by atoms with Gasteiger partial charge in [0.05, 0.1) is 6.10 Å². The molecule has 0 aromatic heterocycles. The first-order valence-electron chi connectivity index (χ1n) is 5.61. The van der Waals surface area contributed by atoms with Crippen molar-refractivity contribution in [3.8, 4) is 0 Å². The van der Waals surface area contributed by atoms with E-state index in [1.807, 2.05) is 7.11 Å². The highest BCUT2D eigenvalue weighted by atomic mass is 16.5. The Kier molecular flexibility index (Phi) is 2.89. The fourth-order valence-corrected chi connectivity index (χ4v) is 3.12. The molecular formula is C11H21NO. The Morgan fingerprint density at radius 1 is 1.23 bits per heavy atom. The van der Waals surface area contributed by atoms with Crippen LogP contribution in [-0.2, 0) is 4.74 Å². The molecule has 2 unspecified atom stereocenters. The van der Waals surface area contributed by atoms with E-state index in [1.165, 1.54) is 51.6 Å². The summed E-state index contributed by atoms with van der Waals surface area (Å²) in [6, 6.07) is 0. The van der Waals surface area contributed by atoms with E-state index in [0.717, 1.165) is 0 Å². The molecule has 0 bridgehead atoms. The first-order chi connectivity index (χ1) is 6.37. The van der Waals surface area contributed by atoms with E-state index in [4.69, 9.17) is 4.74 Å². The minimum Gasteiger partial charge on any atom is -0.381 e. The van der Waals surface area contributed by atoms with Crippen LogP contribution >= 0.6 is 0 Å². The smallest absolute Gasteiger partial charge is 0.0639 e. The number of hydrogen-bond donors (Lipinski definition) is 1. The number of nitrogens with one attached hydrogen (secondary N) is 1. The summed E-state index contributed by atoms with van der Waals surface area (Å²) in [6.07, 6.45) is 8.64. The van der Waals surface area contributed by atoms with E-state index in [1.54, 1.807) is 0 Å². The first-order valence-corrected chi connectivity index (χ1v) is 5.61. The molecular weight excluding hydrogens is 162 g/mol. The summed E-state index contributed by atoms with van der Waals surface area (Å²) in [4.78, 5) is 0. The zero-order chi connectivity index (χ0) is 9.15. The van der Waals surface area contributed by atoms with Crippen LogP contribution < -0.4 is 5.32 Å². The lowest BCUT2D eigenvalue weighted by Crippen LogP contribution is -2.50. The summed E-state index contributed by atoms with van der Waals surface area (Å²) in [7, 11) is 1.88. The summed E-state index contributed by atoms with van der Waals surface area (Å²) in [5.41, 5.74) is 0.491. The SMILES string of the molecule is COC1CCCCC12CCCNC2. The molecule has 76 valence electrons. The van der Waals surface area contributed by atoms with Crippen molar-refractivity contribution in [3.05, 3.63) is 0 Å². The third kappa shape index (κ3) is 1.75. The largest absolute Gasteiger partial charge is 0.381 e. The molecule has 0 aromatic rings. The molecule has 1 spiro atoms. The molecule has 0 radical (unpaired) electrons. The standard InChI is InChI=1S/C11H21NO/c1-13-10-5-2-3-6-11(10)7-4-8-12-9-11/h10,12H,2-9H2,1H3. The van der Waals surface area contributed by atoms with Crippen LogP contribution in [0.2, 0.25) is 0 Å². The maximum absolute atomic E-state index is 5.64. The second-order valence-electron chi connectivity index (χ2n) is 4.61. The van der Waals surface area contributed by atoms with Gasteiger partial charge >= 0.3 is 0 Å². The molecule has 2 atom stereocenters. The average Bonchev–Trinajstić information content (AvgIpc) is 2.20. The molecule has 2 rings (SSSR count). The molecule has 1 N–H and O–H groups in total. The third-order valence-electron chi connectivity index (χ3n) is 3.86. The van der Waals surface area contributed by atoms with Gasteiger partial charge in [-0.25, -0.2) is 0 Å². The Balaban J connectivity index is 2.06. The highest BCUT2D eigenvalue weighted by Gasteiger charge is 2.41. The molecule has 0 aromatic carbocycles. The van der Waals surface area contributed by atoms with Crippen molar-refractivity contribution in [2.24, 2.45) is 5.41 Å². The molecule has 1 saturated carbocycles. The highest BCUT2D eigenvalue weighted by molar-refractivity contribution is 4.94. The van der Waals surface area contributed by atoms with Gasteiger partial charge in [-0.2, -0.15) is 0 Å². The van der Waals surface area contributed by atoms with Crippen molar-refractivity contribution in [1.29, 1.82) is 0 Å². The van der Waals surface area contributed by atoms with Crippen LogP contribution in [0.5, 0.6) is 0 Å². The third-order valence-corrected chi connectivity index (χ3v) is 3.86. The van der Waals surface area contributed by atoms with E-state index in [2.05, 4.69) is 5.32 Å². The van der Waals surface area contributed by atoms with Gasteiger partial charge in [0, 0.05) is 19.1 Å². The Morgan fingerprint density at radius 2 is 2.08 bits per heavy atom. The summed E-state index contributed by atoms with van der Waals surface area (Å²) in [5, 5.41) is 3.53. The average molecular weight is 183 g/mol. The number of rotatable bonds is 1. The number of ether oxygens (including phenoxy) is 1. The van der Waals surface area contributed by atoms with Gasteiger partial charge in [0.1, 0.15) is 0 Å². The molecule has 2 heteroatoms. The topological polar surface area (TPSA) is 21.3 Å². The molecule has 1 heterocycles. The van der Waals surface area contributed by atoms with Crippen LogP contribution in [0.4, 0.5) is 0 Å². The lowest BCUT2D eigenvalue weighted by Gasteiger charge is -2.46. The van der Waals surface area contributed by atoms with Crippen molar-refractivity contribution >= 4 is 0 Å². The van der Waals surface area contributed by atoms with E-state index in [9.17, 15) is 0 Å². The predicted molar refractivity (Wildman–Crippen MR) is 53.8 cm³/mol. The maximum Gasteiger partial charge on any atom is 0.0639 e. The molecule has 1 aliphatic carbocycles. The summed E-state index contributed by atoms with van der Waals surface area (Å²) >= 11 is 0. The summed E-state index contributed by atoms with van der Waals surface area (Å²) < 4.78 is 5.64.